The molecule has 24 heavy (non-hydrogen) atoms. The Morgan fingerprint density at radius 2 is 1.67 bits per heavy atom. The highest BCUT2D eigenvalue weighted by molar-refractivity contribution is 6.04. The Morgan fingerprint density at radius 1 is 1.04 bits per heavy atom. The molecule has 1 heterocycles. The summed E-state index contributed by atoms with van der Waals surface area (Å²) in [5.41, 5.74) is 1.81. The van der Waals surface area contributed by atoms with Crippen LogP contribution in [0.3, 0.4) is 0 Å². The van der Waals surface area contributed by atoms with E-state index in [1.807, 2.05) is 65.6 Å². The van der Waals surface area contributed by atoms with Crippen LogP contribution in [0.4, 0.5) is 11.4 Å². The number of para-hydroxylation sites is 2. The summed E-state index contributed by atoms with van der Waals surface area (Å²) < 4.78 is 11.4. The molecule has 1 aliphatic rings. The van der Waals surface area contributed by atoms with E-state index >= 15 is 0 Å². The van der Waals surface area contributed by atoms with Crippen molar-refractivity contribution in [1.29, 1.82) is 0 Å². The summed E-state index contributed by atoms with van der Waals surface area (Å²) in [6, 6.07) is 19.6. The smallest absolute Gasteiger partial charge is 0.179 e. The molecule has 0 radical (unpaired) electrons. The fourth-order valence-corrected chi connectivity index (χ4v) is 2.75. The van der Waals surface area contributed by atoms with Crippen molar-refractivity contribution in [3.63, 3.8) is 0 Å². The third-order valence-electron chi connectivity index (χ3n) is 3.94. The molecule has 1 atom stereocenters. The predicted octanol–water partition coefficient (Wildman–Crippen LogP) is 4.16. The van der Waals surface area contributed by atoms with Gasteiger partial charge in [-0.1, -0.05) is 41.6 Å². The maximum atomic E-state index is 9.57. The zero-order chi connectivity index (χ0) is 16.6. The van der Waals surface area contributed by atoms with Crippen LogP contribution in [0.15, 0.2) is 65.8 Å². The number of amidine groups is 1. The van der Waals surface area contributed by atoms with Gasteiger partial charge in [-0.05, 0) is 43.5 Å². The Morgan fingerprint density at radius 3 is 2.17 bits per heavy atom. The third-order valence-corrected chi connectivity index (χ3v) is 3.94. The second-order valence-electron chi connectivity index (χ2n) is 5.63. The van der Waals surface area contributed by atoms with Gasteiger partial charge in [0.05, 0.1) is 0 Å². The molecule has 5 heteroatoms. The van der Waals surface area contributed by atoms with Gasteiger partial charge in [0.1, 0.15) is 6.61 Å². The zero-order valence-electron chi connectivity index (χ0n) is 13.5. The van der Waals surface area contributed by atoms with Gasteiger partial charge in [0, 0.05) is 18.0 Å². The fourth-order valence-electron chi connectivity index (χ4n) is 2.75. The van der Waals surface area contributed by atoms with Crippen molar-refractivity contribution in [1.82, 2.24) is 0 Å². The third kappa shape index (κ3) is 4.13. The van der Waals surface area contributed by atoms with Crippen molar-refractivity contribution in [3.8, 4) is 0 Å². The summed E-state index contributed by atoms with van der Waals surface area (Å²) in [4.78, 5) is 1.88. The average Bonchev–Trinajstić information content (AvgIpc) is 2.67. The molecule has 0 bridgehead atoms. The molecule has 0 aromatic heterocycles. The van der Waals surface area contributed by atoms with Crippen molar-refractivity contribution in [2.75, 3.05) is 18.1 Å². The number of anilines is 2. The minimum atomic E-state index is -0.233. The molecule has 126 valence electrons. The first-order valence-electron chi connectivity index (χ1n) is 8.23. The van der Waals surface area contributed by atoms with Crippen molar-refractivity contribution in [2.45, 2.75) is 25.6 Å². The average molecular weight is 326 g/mol. The van der Waals surface area contributed by atoms with Crippen LogP contribution in [0.25, 0.3) is 0 Å². The van der Waals surface area contributed by atoms with Crippen LogP contribution >= 0.6 is 0 Å². The van der Waals surface area contributed by atoms with E-state index in [9.17, 15) is 5.21 Å². The molecular formula is C19H22N2O3. The minimum absolute atomic E-state index is 0.172. The molecule has 1 unspecified atom stereocenters. The van der Waals surface area contributed by atoms with Crippen molar-refractivity contribution in [2.24, 2.45) is 5.16 Å². The minimum Gasteiger partial charge on any atom is -0.409 e. The summed E-state index contributed by atoms with van der Waals surface area (Å²) in [5, 5.41) is 13.1. The summed E-state index contributed by atoms with van der Waals surface area (Å²) in [6.07, 6.45) is 2.80. The number of ether oxygens (including phenoxy) is 2. The van der Waals surface area contributed by atoms with E-state index in [-0.39, 0.29) is 12.9 Å². The summed E-state index contributed by atoms with van der Waals surface area (Å²) in [6.45, 7) is 0.891. The number of benzene rings is 2. The Labute approximate surface area is 142 Å². The molecule has 3 rings (SSSR count). The van der Waals surface area contributed by atoms with E-state index in [1.54, 1.807) is 0 Å². The molecule has 1 fully saturated rings. The van der Waals surface area contributed by atoms with Crippen LogP contribution in [0, 0.1) is 0 Å². The number of nitrogens with zero attached hydrogens (tertiary/aromatic N) is 2. The van der Waals surface area contributed by atoms with Crippen molar-refractivity contribution >= 4 is 17.2 Å². The quantitative estimate of drug-likeness (QED) is 0.388. The van der Waals surface area contributed by atoms with Crippen LogP contribution in [-0.4, -0.2) is 30.5 Å². The molecule has 5 nitrogen and oxygen atoms in total. The lowest BCUT2D eigenvalue weighted by Crippen LogP contribution is -2.33. The highest BCUT2D eigenvalue weighted by atomic mass is 16.7. The largest absolute Gasteiger partial charge is 0.409 e. The SMILES string of the molecule is ON=C(COC1CCCCO1)N(c1ccccc1)c1ccccc1. The molecule has 1 saturated heterocycles. The van der Waals surface area contributed by atoms with E-state index in [0.29, 0.717) is 5.84 Å². The van der Waals surface area contributed by atoms with Gasteiger partial charge in [-0.3, -0.25) is 4.90 Å². The summed E-state index contributed by atoms with van der Waals surface area (Å²) in [7, 11) is 0. The Hall–Kier alpha value is -2.37. The van der Waals surface area contributed by atoms with Gasteiger partial charge in [-0.25, -0.2) is 0 Å². The standard InChI is InChI=1S/C19H22N2O3/c22-20-18(15-24-19-13-7-8-14-23-19)21(16-9-3-1-4-10-16)17-11-5-2-6-12-17/h1-6,9-12,19,22H,7-8,13-15H2. The monoisotopic (exact) mass is 326 g/mol. The number of oxime groups is 1. The molecule has 1 N–H and O–H groups in total. The lowest BCUT2D eigenvalue weighted by Gasteiger charge is -2.28. The normalized spacial score (nSPS) is 18.3. The van der Waals surface area contributed by atoms with Crippen LogP contribution in [0.5, 0.6) is 0 Å². The van der Waals surface area contributed by atoms with Crippen LogP contribution in [0.1, 0.15) is 19.3 Å². The first-order valence-corrected chi connectivity index (χ1v) is 8.23. The second kappa shape index (κ2) is 8.47. The van der Waals surface area contributed by atoms with E-state index in [1.165, 1.54) is 0 Å². The molecular weight excluding hydrogens is 304 g/mol. The number of rotatable bonds is 5. The van der Waals surface area contributed by atoms with Gasteiger partial charge >= 0.3 is 0 Å². The van der Waals surface area contributed by atoms with E-state index in [4.69, 9.17) is 9.47 Å². The lowest BCUT2D eigenvalue weighted by atomic mass is 10.2. The topological polar surface area (TPSA) is 54.3 Å². The molecule has 2 aromatic carbocycles. The van der Waals surface area contributed by atoms with Crippen LogP contribution in [-0.2, 0) is 9.47 Å². The highest BCUT2D eigenvalue weighted by Crippen LogP contribution is 2.26. The number of hydrogen-bond donors (Lipinski definition) is 1. The van der Waals surface area contributed by atoms with E-state index < -0.39 is 0 Å². The maximum absolute atomic E-state index is 9.57. The lowest BCUT2D eigenvalue weighted by molar-refractivity contribution is -0.153. The first kappa shape index (κ1) is 16.5. The molecule has 0 aliphatic carbocycles. The van der Waals surface area contributed by atoms with Crippen LogP contribution in [0.2, 0.25) is 0 Å². The van der Waals surface area contributed by atoms with Crippen LogP contribution < -0.4 is 4.90 Å². The summed E-state index contributed by atoms with van der Waals surface area (Å²) >= 11 is 0. The highest BCUT2D eigenvalue weighted by Gasteiger charge is 2.20. The summed E-state index contributed by atoms with van der Waals surface area (Å²) in [5.74, 6) is 0.418. The number of hydrogen-bond acceptors (Lipinski definition) is 4. The van der Waals surface area contributed by atoms with Crippen molar-refractivity contribution in [3.05, 3.63) is 60.7 Å². The Bertz CT molecular complexity index is 601. The van der Waals surface area contributed by atoms with Gasteiger partial charge < -0.3 is 14.7 Å². The van der Waals surface area contributed by atoms with Gasteiger partial charge in [0.15, 0.2) is 12.1 Å². The Kier molecular flexibility index (Phi) is 5.82. The molecule has 1 aliphatic heterocycles. The van der Waals surface area contributed by atoms with Gasteiger partial charge in [0.2, 0.25) is 0 Å². The van der Waals surface area contributed by atoms with E-state index in [2.05, 4.69) is 5.16 Å². The Balaban J connectivity index is 1.80. The fraction of sp³-hybridized carbons (Fsp3) is 0.316. The molecule has 0 saturated carbocycles. The maximum Gasteiger partial charge on any atom is 0.179 e. The molecule has 0 amide bonds. The predicted molar refractivity (Wildman–Crippen MR) is 93.8 cm³/mol. The van der Waals surface area contributed by atoms with Gasteiger partial charge in [-0.2, -0.15) is 0 Å². The first-order chi connectivity index (χ1) is 11.9. The van der Waals surface area contributed by atoms with Gasteiger partial charge in [0.25, 0.3) is 0 Å². The van der Waals surface area contributed by atoms with E-state index in [0.717, 1.165) is 37.2 Å². The van der Waals surface area contributed by atoms with Crippen molar-refractivity contribution < 1.29 is 14.7 Å². The molecule has 0 spiro atoms. The van der Waals surface area contributed by atoms with Gasteiger partial charge in [-0.15, -0.1) is 0 Å². The molecule has 2 aromatic rings. The zero-order valence-corrected chi connectivity index (χ0v) is 13.5. The second-order valence-corrected chi connectivity index (χ2v) is 5.63.